The summed E-state index contributed by atoms with van der Waals surface area (Å²) >= 11 is 0. The summed E-state index contributed by atoms with van der Waals surface area (Å²) in [6, 6.07) is -1.03. The van der Waals surface area contributed by atoms with E-state index in [2.05, 4.69) is 0 Å². The highest BCUT2D eigenvalue weighted by Crippen LogP contribution is 1.76. The van der Waals surface area contributed by atoms with Crippen molar-refractivity contribution in [1.82, 2.24) is 10.9 Å². The van der Waals surface area contributed by atoms with Crippen molar-refractivity contribution in [2.75, 3.05) is 0 Å². The molecule has 1 atom stereocenters. The van der Waals surface area contributed by atoms with Gasteiger partial charge in [0.05, 0.1) is 0 Å². The van der Waals surface area contributed by atoms with Crippen LogP contribution in [0.1, 0.15) is 6.92 Å². The Bertz CT molecular complexity index is 214. The highest BCUT2D eigenvalue weighted by molar-refractivity contribution is 6.31. The molecule has 1 amide bonds. The molecule has 0 radical (unpaired) electrons. The first-order chi connectivity index (χ1) is 5.45. The summed E-state index contributed by atoms with van der Waals surface area (Å²) in [5.41, 5.74) is 3.68. The predicted octanol–water partition coefficient (Wildman–Crippen LogP) is -1.84. The zero-order chi connectivity index (χ0) is 9.72. The summed E-state index contributed by atoms with van der Waals surface area (Å²) in [6.45, 7) is 1.25. The molecular formula is C5H8N2O5. The van der Waals surface area contributed by atoms with E-state index in [1.165, 1.54) is 6.92 Å². The molecule has 12 heavy (non-hydrogen) atoms. The number of nitrogens with one attached hydrogen (secondary N) is 2. The van der Waals surface area contributed by atoms with Crippen LogP contribution in [-0.4, -0.2) is 34.1 Å². The zero-order valence-corrected chi connectivity index (χ0v) is 6.20. The molecule has 0 aliphatic carbocycles. The van der Waals surface area contributed by atoms with Crippen LogP contribution in [-0.2, 0) is 14.4 Å². The van der Waals surface area contributed by atoms with Crippen LogP contribution in [0.3, 0.4) is 0 Å². The van der Waals surface area contributed by atoms with Crippen LogP contribution in [0.5, 0.6) is 0 Å². The number of hydrogen-bond acceptors (Lipinski definition) is 4. The number of carboxylic acids is 2. The lowest BCUT2D eigenvalue weighted by Crippen LogP contribution is -2.48. The zero-order valence-electron chi connectivity index (χ0n) is 6.20. The van der Waals surface area contributed by atoms with Crippen molar-refractivity contribution >= 4 is 17.8 Å². The second-order valence-corrected chi connectivity index (χ2v) is 1.96. The minimum atomic E-state index is -1.68. The van der Waals surface area contributed by atoms with Crippen LogP contribution < -0.4 is 10.9 Å². The largest absolute Gasteiger partial charge is 0.480 e. The van der Waals surface area contributed by atoms with Crippen molar-refractivity contribution in [3.05, 3.63) is 0 Å². The Morgan fingerprint density at radius 3 is 2.08 bits per heavy atom. The molecule has 0 bridgehead atoms. The Morgan fingerprint density at radius 2 is 1.75 bits per heavy atom. The third-order valence-electron chi connectivity index (χ3n) is 0.967. The highest BCUT2D eigenvalue weighted by Gasteiger charge is 2.14. The molecule has 0 aromatic rings. The maximum absolute atomic E-state index is 10.3. The van der Waals surface area contributed by atoms with Crippen molar-refractivity contribution in [3.8, 4) is 0 Å². The Kier molecular flexibility index (Phi) is 3.71. The molecule has 7 heteroatoms. The van der Waals surface area contributed by atoms with E-state index in [9.17, 15) is 14.4 Å². The van der Waals surface area contributed by atoms with Crippen LogP contribution in [0.2, 0.25) is 0 Å². The molecule has 0 saturated heterocycles. The van der Waals surface area contributed by atoms with Gasteiger partial charge in [-0.1, -0.05) is 0 Å². The second-order valence-electron chi connectivity index (χ2n) is 1.96. The molecule has 0 saturated carbocycles. The number of hydrogen-bond donors (Lipinski definition) is 4. The van der Waals surface area contributed by atoms with Crippen molar-refractivity contribution in [1.29, 1.82) is 0 Å². The van der Waals surface area contributed by atoms with Gasteiger partial charge in [-0.05, 0) is 6.92 Å². The van der Waals surface area contributed by atoms with Crippen molar-refractivity contribution < 1.29 is 24.6 Å². The van der Waals surface area contributed by atoms with Gasteiger partial charge >= 0.3 is 17.8 Å². The molecule has 0 heterocycles. The topological polar surface area (TPSA) is 116 Å². The van der Waals surface area contributed by atoms with Crippen molar-refractivity contribution in [2.45, 2.75) is 13.0 Å². The summed E-state index contributed by atoms with van der Waals surface area (Å²) in [4.78, 5) is 30.3. The number of hydrazine groups is 1. The standard InChI is InChI=1S/C5H8N2O5/c1-2(4(9)10)6-7-3(8)5(11)12/h2,6H,1H3,(H,7,8)(H,9,10)(H,11,12)/t2-/m0/s1. The van der Waals surface area contributed by atoms with Gasteiger partial charge in [-0.25, -0.2) is 10.2 Å². The molecule has 0 spiro atoms. The molecule has 0 aromatic heterocycles. The molecule has 4 N–H and O–H groups in total. The average molecular weight is 176 g/mol. The highest BCUT2D eigenvalue weighted by atomic mass is 16.4. The summed E-state index contributed by atoms with van der Waals surface area (Å²) in [5.74, 6) is -4.18. The van der Waals surface area contributed by atoms with Crippen LogP contribution in [0, 0.1) is 0 Å². The fourth-order valence-corrected chi connectivity index (χ4v) is 0.289. The van der Waals surface area contributed by atoms with E-state index < -0.39 is 23.9 Å². The molecule has 0 aliphatic rings. The summed E-state index contributed by atoms with van der Waals surface area (Å²) < 4.78 is 0. The quantitative estimate of drug-likeness (QED) is 0.297. The first-order valence-electron chi connectivity index (χ1n) is 2.96. The molecule has 0 fully saturated rings. The molecule has 7 nitrogen and oxygen atoms in total. The van der Waals surface area contributed by atoms with Gasteiger partial charge in [-0.3, -0.25) is 15.0 Å². The molecule has 68 valence electrons. The summed E-state index contributed by atoms with van der Waals surface area (Å²) in [6.07, 6.45) is 0. The molecule has 0 unspecified atom stereocenters. The van der Waals surface area contributed by atoms with Gasteiger partial charge in [0, 0.05) is 0 Å². The lowest BCUT2D eigenvalue weighted by atomic mass is 10.4. The van der Waals surface area contributed by atoms with Gasteiger partial charge in [-0.2, -0.15) is 0 Å². The average Bonchev–Trinajstić information content (AvgIpc) is 1.98. The Hall–Kier alpha value is -1.63. The van der Waals surface area contributed by atoms with E-state index >= 15 is 0 Å². The second kappa shape index (κ2) is 4.29. The van der Waals surface area contributed by atoms with E-state index in [-0.39, 0.29) is 0 Å². The van der Waals surface area contributed by atoms with Gasteiger partial charge in [0.2, 0.25) is 0 Å². The number of carbonyl (C=O) groups is 3. The van der Waals surface area contributed by atoms with Crippen molar-refractivity contribution in [2.24, 2.45) is 0 Å². The molecule has 0 aromatic carbocycles. The smallest absolute Gasteiger partial charge is 0.395 e. The Morgan fingerprint density at radius 1 is 1.25 bits per heavy atom. The maximum atomic E-state index is 10.3. The molecule has 0 rings (SSSR count). The normalized spacial score (nSPS) is 11.8. The third-order valence-corrected chi connectivity index (χ3v) is 0.967. The predicted molar refractivity (Wildman–Crippen MR) is 36.0 cm³/mol. The number of aliphatic carboxylic acids is 2. The first kappa shape index (κ1) is 10.4. The van der Waals surface area contributed by atoms with Crippen LogP contribution in [0.15, 0.2) is 0 Å². The van der Waals surface area contributed by atoms with Crippen LogP contribution >= 0.6 is 0 Å². The fraction of sp³-hybridized carbons (Fsp3) is 0.400. The van der Waals surface area contributed by atoms with Gasteiger partial charge < -0.3 is 10.2 Å². The van der Waals surface area contributed by atoms with E-state index in [1.807, 2.05) is 5.43 Å². The molecule has 0 aliphatic heterocycles. The van der Waals surface area contributed by atoms with E-state index in [4.69, 9.17) is 10.2 Å². The van der Waals surface area contributed by atoms with Gasteiger partial charge in [0.25, 0.3) is 0 Å². The van der Waals surface area contributed by atoms with E-state index in [0.717, 1.165) is 0 Å². The summed E-state index contributed by atoms with van der Waals surface area (Å²) in [7, 11) is 0. The number of rotatable bonds is 3. The van der Waals surface area contributed by atoms with Crippen molar-refractivity contribution in [3.63, 3.8) is 0 Å². The molecular weight excluding hydrogens is 168 g/mol. The lowest BCUT2D eigenvalue weighted by Gasteiger charge is -2.07. The van der Waals surface area contributed by atoms with Gasteiger partial charge in [-0.15, -0.1) is 0 Å². The SMILES string of the molecule is C[C@H](NNC(=O)C(=O)O)C(=O)O. The number of carboxylic acid groups (broad SMARTS) is 2. The maximum Gasteiger partial charge on any atom is 0.395 e. The van der Waals surface area contributed by atoms with Gasteiger partial charge in [0.1, 0.15) is 6.04 Å². The summed E-state index contributed by atoms with van der Waals surface area (Å²) in [5, 5.41) is 16.3. The lowest BCUT2D eigenvalue weighted by molar-refractivity contribution is -0.151. The monoisotopic (exact) mass is 176 g/mol. The minimum absolute atomic E-state index is 1.03. The van der Waals surface area contributed by atoms with E-state index in [0.29, 0.717) is 0 Å². The first-order valence-corrected chi connectivity index (χ1v) is 2.96. The minimum Gasteiger partial charge on any atom is -0.480 e. The van der Waals surface area contributed by atoms with Gasteiger partial charge in [0.15, 0.2) is 0 Å². The Labute approximate surface area is 67.3 Å². The van der Waals surface area contributed by atoms with E-state index in [1.54, 1.807) is 5.43 Å². The fourth-order valence-electron chi connectivity index (χ4n) is 0.289. The Balaban J connectivity index is 3.76. The number of carbonyl (C=O) groups excluding carboxylic acids is 1. The third kappa shape index (κ3) is 3.52. The number of amides is 1. The van der Waals surface area contributed by atoms with Crippen LogP contribution in [0.4, 0.5) is 0 Å². The van der Waals surface area contributed by atoms with Crippen LogP contribution in [0.25, 0.3) is 0 Å².